The average Bonchev–Trinajstić information content (AvgIpc) is 2.49. The highest BCUT2D eigenvalue weighted by Gasteiger charge is 2.24. The molecule has 2 N–H and O–H groups in total. The second-order valence-electron chi connectivity index (χ2n) is 3.74. The summed E-state index contributed by atoms with van der Waals surface area (Å²) in [4.78, 5) is 19.6. The van der Waals surface area contributed by atoms with Crippen molar-refractivity contribution in [2.75, 3.05) is 13.7 Å². The van der Waals surface area contributed by atoms with Crippen LogP contribution in [0.15, 0.2) is 21.8 Å². The zero-order valence-electron chi connectivity index (χ0n) is 10.2. The molecule has 17 heavy (non-hydrogen) atoms. The smallest absolute Gasteiger partial charge is 0.333 e. The van der Waals surface area contributed by atoms with Crippen LogP contribution in [0.25, 0.3) is 0 Å². The molecule has 0 saturated carbocycles. The maximum absolute atomic E-state index is 11.4. The molecule has 0 bridgehead atoms. The SMILES string of the molecule is COC(=O)C(N=C1CNC(C)=CC=N1)C(C)O. The van der Waals surface area contributed by atoms with Crippen molar-refractivity contribution in [1.29, 1.82) is 0 Å². The van der Waals surface area contributed by atoms with Gasteiger partial charge < -0.3 is 15.2 Å². The lowest BCUT2D eigenvalue weighted by Crippen LogP contribution is -2.33. The molecular weight excluding hydrogens is 222 g/mol. The Kier molecular flexibility index (Phi) is 4.84. The van der Waals surface area contributed by atoms with E-state index in [-0.39, 0.29) is 0 Å². The first-order valence-electron chi connectivity index (χ1n) is 5.32. The Hall–Kier alpha value is -1.69. The number of rotatable bonds is 3. The topological polar surface area (TPSA) is 83.3 Å². The zero-order chi connectivity index (χ0) is 12.8. The van der Waals surface area contributed by atoms with Crippen LogP contribution in [0.2, 0.25) is 0 Å². The average molecular weight is 239 g/mol. The highest BCUT2D eigenvalue weighted by molar-refractivity contribution is 5.96. The Morgan fingerprint density at radius 3 is 3.00 bits per heavy atom. The van der Waals surface area contributed by atoms with Gasteiger partial charge in [-0.3, -0.25) is 4.99 Å². The number of amidine groups is 1. The number of hydrogen-bond donors (Lipinski definition) is 2. The van der Waals surface area contributed by atoms with Crippen LogP contribution in [-0.4, -0.2) is 48.9 Å². The third-order valence-electron chi connectivity index (χ3n) is 2.26. The molecule has 0 amide bonds. The predicted molar refractivity (Wildman–Crippen MR) is 65.2 cm³/mol. The summed E-state index contributed by atoms with van der Waals surface area (Å²) >= 11 is 0. The fourth-order valence-corrected chi connectivity index (χ4v) is 1.28. The third-order valence-corrected chi connectivity index (χ3v) is 2.26. The number of methoxy groups -OCH3 is 1. The molecular formula is C11H17N3O3. The summed E-state index contributed by atoms with van der Waals surface area (Å²) in [5, 5.41) is 12.5. The van der Waals surface area contributed by atoms with Gasteiger partial charge in [-0.25, -0.2) is 9.79 Å². The van der Waals surface area contributed by atoms with E-state index in [0.717, 1.165) is 5.70 Å². The number of esters is 1. The lowest BCUT2D eigenvalue weighted by molar-refractivity contribution is -0.144. The third kappa shape index (κ3) is 3.99. The Balaban J connectivity index is 2.82. The van der Waals surface area contributed by atoms with Gasteiger partial charge in [0.15, 0.2) is 6.04 Å². The molecule has 1 heterocycles. The van der Waals surface area contributed by atoms with Gasteiger partial charge in [-0.05, 0) is 19.9 Å². The van der Waals surface area contributed by atoms with Crippen molar-refractivity contribution in [2.45, 2.75) is 26.0 Å². The molecule has 2 unspecified atom stereocenters. The van der Waals surface area contributed by atoms with Gasteiger partial charge in [-0.2, -0.15) is 0 Å². The van der Waals surface area contributed by atoms with Crippen molar-refractivity contribution in [3.05, 3.63) is 11.8 Å². The Morgan fingerprint density at radius 2 is 2.41 bits per heavy atom. The molecule has 94 valence electrons. The van der Waals surface area contributed by atoms with Gasteiger partial charge in [-0.1, -0.05) is 0 Å². The summed E-state index contributed by atoms with van der Waals surface area (Å²) in [6, 6.07) is -0.938. The molecule has 6 heteroatoms. The number of allylic oxidation sites excluding steroid dienone is 2. The van der Waals surface area contributed by atoms with Gasteiger partial charge in [0.1, 0.15) is 5.84 Å². The van der Waals surface area contributed by atoms with Crippen LogP contribution in [0, 0.1) is 0 Å². The monoisotopic (exact) mass is 239 g/mol. The van der Waals surface area contributed by atoms with E-state index in [2.05, 4.69) is 20.0 Å². The van der Waals surface area contributed by atoms with Gasteiger partial charge in [0.2, 0.25) is 0 Å². The molecule has 0 aromatic heterocycles. The van der Waals surface area contributed by atoms with E-state index in [9.17, 15) is 9.90 Å². The first kappa shape index (κ1) is 13.4. The van der Waals surface area contributed by atoms with Crippen LogP contribution in [0.1, 0.15) is 13.8 Å². The first-order chi connectivity index (χ1) is 8.04. The van der Waals surface area contributed by atoms with Crippen LogP contribution in [-0.2, 0) is 9.53 Å². The molecule has 0 spiro atoms. The maximum atomic E-state index is 11.4. The number of nitrogens with one attached hydrogen (secondary N) is 1. The van der Waals surface area contributed by atoms with E-state index in [1.807, 2.05) is 6.92 Å². The lowest BCUT2D eigenvalue weighted by Gasteiger charge is -2.14. The van der Waals surface area contributed by atoms with E-state index in [0.29, 0.717) is 12.4 Å². The second kappa shape index (κ2) is 6.15. The number of nitrogens with zero attached hydrogens (tertiary/aromatic N) is 2. The minimum Gasteiger partial charge on any atom is -0.467 e. The van der Waals surface area contributed by atoms with Crippen LogP contribution in [0.5, 0.6) is 0 Å². The van der Waals surface area contributed by atoms with Crippen molar-refractivity contribution in [2.24, 2.45) is 9.98 Å². The van der Waals surface area contributed by atoms with Crippen LogP contribution in [0.3, 0.4) is 0 Å². The summed E-state index contributed by atoms with van der Waals surface area (Å²) < 4.78 is 4.58. The molecule has 2 atom stereocenters. The zero-order valence-corrected chi connectivity index (χ0v) is 10.2. The molecule has 0 aliphatic carbocycles. The highest BCUT2D eigenvalue weighted by atomic mass is 16.5. The molecule has 0 aromatic rings. The number of carbonyl (C=O) groups is 1. The second-order valence-corrected chi connectivity index (χ2v) is 3.74. The number of aliphatic hydroxyl groups is 1. The number of carbonyl (C=O) groups excluding carboxylic acids is 1. The van der Waals surface area contributed by atoms with Crippen molar-refractivity contribution in [3.8, 4) is 0 Å². The minimum absolute atomic E-state index is 0.416. The van der Waals surface area contributed by atoms with Gasteiger partial charge in [-0.15, -0.1) is 0 Å². The van der Waals surface area contributed by atoms with E-state index in [1.165, 1.54) is 14.0 Å². The first-order valence-corrected chi connectivity index (χ1v) is 5.32. The molecule has 0 aromatic carbocycles. The van der Waals surface area contributed by atoms with Crippen LogP contribution < -0.4 is 5.32 Å². The van der Waals surface area contributed by atoms with Gasteiger partial charge in [0.25, 0.3) is 0 Å². The van der Waals surface area contributed by atoms with Crippen molar-refractivity contribution < 1.29 is 14.6 Å². The predicted octanol–water partition coefficient (Wildman–Crippen LogP) is -0.115. The number of aliphatic hydroxyl groups excluding tert-OH is 1. The standard InChI is InChI=1S/C11H17N3O3/c1-7-4-5-12-9(6-13-7)14-10(8(2)15)11(16)17-3/h4-5,8,10,13,15H,6H2,1-3H3. The Bertz CT molecular complexity index is 372. The fraction of sp³-hybridized carbons (Fsp3) is 0.545. The number of ether oxygens (including phenoxy) is 1. The molecule has 1 aliphatic rings. The highest BCUT2D eigenvalue weighted by Crippen LogP contribution is 2.03. The molecule has 1 aliphatic heterocycles. The number of hydrogen-bond acceptors (Lipinski definition) is 5. The normalized spacial score (nSPS) is 21.2. The summed E-state index contributed by atoms with van der Waals surface area (Å²) in [5.74, 6) is -0.119. The van der Waals surface area contributed by atoms with E-state index in [1.54, 1.807) is 12.3 Å². The quantitative estimate of drug-likeness (QED) is 0.673. The number of aliphatic imine (C=N–C) groups is 2. The summed E-state index contributed by atoms with van der Waals surface area (Å²) in [6.07, 6.45) is 2.49. The molecule has 0 fully saturated rings. The molecule has 0 saturated heterocycles. The van der Waals surface area contributed by atoms with E-state index >= 15 is 0 Å². The Morgan fingerprint density at radius 1 is 1.71 bits per heavy atom. The van der Waals surface area contributed by atoms with Crippen molar-refractivity contribution >= 4 is 18.0 Å². The van der Waals surface area contributed by atoms with Gasteiger partial charge in [0, 0.05) is 11.9 Å². The van der Waals surface area contributed by atoms with Crippen molar-refractivity contribution in [1.82, 2.24) is 5.32 Å². The maximum Gasteiger partial charge on any atom is 0.333 e. The van der Waals surface area contributed by atoms with Crippen LogP contribution >= 0.6 is 0 Å². The van der Waals surface area contributed by atoms with Crippen molar-refractivity contribution in [3.63, 3.8) is 0 Å². The Labute approximate surface area is 100 Å². The summed E-state index contributed by atoms with van der Waals surface area (Å²) in [6.45, 7) is 3.81. The fourth-order valence-electron chi connectivity index (χ4n) is 1.28. The van der Waals surface area contributed by atoms with Gasteiger partial charge in [0.05, 0.1) is 19.8 Å². The van der Waals surface area contributed by atoms with E-state index in [4.69, 9.17) is 0 Å². The summed E-state index contributed by atoms with van der Waals surface area (Å²) in [7, 11) is 1.26. The van der Waals surface area contributed by atoms with E-state index < -0.39 is 18.1 Å². The molecule has 1 rings (SSSR count). The molecule has 0 radical (unpaired) electrons. The van der Waals surface area contributed by atoms with Crippen LogP contribution in [0.4, 0.5) is 0 Å². The summed E-state index contributed by atoms with van der Waals surface area (Å²) in [5.41, 5.74) is 0.964. The van der Waals surface area contributed by atoms with Gasteiger partial charge >= 0.3 is 5.97 Å². The minimum atomic E-state index is -0.938. The lowest BCUT2D eigenvalue weighted by atomic mass is 10.2. The largest absolute Gasteiger partial charge is 0.467 e. The molecule has 6 nitrogen and oxygen atoms in total.